The molecule has 0 saturated carbocycles. The van der Waals surface area contributed by atoms with Gasteiger partial charge in [-0.05, 0) is 30.3 Å². The number of rotatable bonds is 3. The third kappa shape index (κ3) is 3.13. The average Bonchev–Trinajstić information content (AvgIpc) is 3.06. The summed E-state index contributed by atoms with van der Waals surface area (Å²) in [5.41, 5.74) is 0.291. The van der Waals surface area contributed by atoms with Gasteiger partial charge in [0.2, 0.25) is 0 Å². The van der Waals surface area contributed by atoms with E-state index >= 15 is 0 Å². The number of carbonyl (C=O) groups is 2. The molecule has 1 aliphatic heterocycles. The molecule has 3 rings (SSSR count). The van der Waals surface area contributed by atoms with Gasteiger partial charge in [0.15, 0.2) is 0 Å². The number of phenols is 1. The predicted octanol–water partition coefficient (Wildman–Crippen LogP) is 2.84. The Hall–Kier alpha value is -2.58. The van der Waals surface area contributed by atoms with Crippen molar-refractivity contribution in [3.05, 3.63) is 46.6 Å². The van der Waals surface area contributed by atoms with E-state index in [1.54, 1.807) is 24.3 Å². The van der Waals surface area contributed by atoms with Crippen molar-refractivity contribution in [3.8, 4) is 17.1 Å². The second-order valence-corrected chi connectivity index (χ2v) is 6.31. The number of thiocarbonyl (C=S) groups is 1. The highest BCUT2D eigenvalue weighted by atomic mass is 32.2. The Labute approximate surface area is 139 Å². The summed E-state index contributed by atoms with van der Waals surface area (Å²) in [5.74, 6) is -0.971. The molecule has 0 spiro atoms. The van der Waals surface area contributed by atoms with Gasteiger partial charge < -0.3 is 19.9 Å². The molecule has 0 radical (unpaired) electrons. The predicted molar refractivity (Wildman–Crippen MR) is 89.1 cm³/mol. The highest BCUT2D eigenvalue weighted by molar-refractivity contribution is 8.26. The Bertz CT molecular complexity index is 869. The lowest BCUT2D eigenvalue weighted by Crippen LogP contribution is -2.17. The molecule has 0 bridgehead atoms. The van der Waals surface area contributed by atoms with Gasteiger partial charge in [-0.25, -0.2) is 4.79 Å². The lowest BCUT2D eigenvalue weighted by Gasteiger charge is -2.02. The molecule has 8 heteroatoms. The van der Waals surface area contributed by atoms with Crippen LogP contribution in [0.2, 0.25) is 0 Å². The Morgan fingerprint density at radius 2 is 2.09 bits per heavy atom. The Kier molecular flexibility index (Phi) is 3.93. The average molecular weight is 347 g/mol. The number of carboxylic acid groups (broad SMARTS) is 1. The second kappa shape index (κ2) is 5.90. The van der Waals surface area contributed by atoms with Crippen molar-refractivity contribution < 1.29 is 24.2 Å². The van der Waals surface area contributed by atoms with Gasteiger partial charge >= 0.3 is 5.97 Å². The number of hydrogen-bond donors (Lipinski definition) is 3. The molecule has 1 aliphatic rings. The molecule has 1 amide bonds. The number of carboxylic acids is 1. The number of benzene rings is 1. The first-order chi connectivity index (χ1) is 10.9. The number of nitrogens with one attached hydrogen (secondary N) is 1. The van der Waals surface area contributed by atoms with E-state index in [2.05, 4.69) is 5.32 Å². The van der Waals surface area contributed by atoms with E-state index < -0.39 is 5.97 Å². The van der Waals surface area contributed by atoms with Crippen LogP contribution in [-0.4, -0.2) is 26.4 Å². The normalized spacial score (nSPS) is 15.9. The van der Waals surface area contributed by atoms with E-state index in [-0.39, 0.29) is 17.2 Å². The molecule has 116 valence electrons. The van der Waals surface area contributed by atoms with Gasteiger partial charge in [0.05, 0.1) is 4.91 Å². The van der Waals surface area contributed by atoms with E-state index in [9.17, 15) is 14.7 Å². The van der Waals surface area contributed by atoms with Crippen LogP contribution < -0.4 is 5.32 Å². The van der Waals surface area contributed by atoms with E-state index in [0.717, 1.165) is 11.8 Å². The largest absolute Gasteiger partial charge is 0.507 e. The molecule has 0 atom stereocenters. The minimum absolute atomic E-state index is 0.213. The fourth-order valence-corrected chi connectivity index (χ4v) is 3.02. The van der Waals surface area contributed by atoms with Gasteiger partial charge in [-0.2, -0.15) is 0 Å². The smallest absolute Gasteiger partial charge is 0.339 e. The summed E-state index contributed by atoms with van der Waals surface area (Å²) in [6, 6.07) is 7.46. The maximum Gasteiger partial charge on any atom is 0.339 e. The molecule has 2 aromatic rings. The molecule has 6 nitrogen and oxygen atoms in total. The fourth-order valence-electron chi connectivity index (χ4n) is 2.00. The first kappa shape index (κ1) is 15.3. The maximum absolute atomic E-state index is 11.6. The third-order valence-electron chi connectivity index (χ3n) is 3.05. The molecule has 0 aliphatic carbocycles. The van der Waals surface area contributed by atoms with E-state index in [1.165, 1.54) is 12.1 Å². The van der Waals surface area contributed by atoms with Crippen LogP contribution in [0, 0.1) is 0 Å². The van der Waals surface area contributed by atoms with Crippen LogP contribution >= 0.6 is 24.0 Å². The lowest BCUT2D eigenvalue weighted by molar-refractivity contribution is -0.115. The maximum atomic E-state index is 11.6. The SMILES string of the molecule is O=C1NC(=S)S/C1=C\c1ccc(-c2ccc(O)c(C(=O)O)c2)o1. The van der Waals surface area contributed by atoms with Gasteiger partial charge in [0.1, 0.15) is 27.2 Å². The van der Waals surface area contributed by atoms with Crippen molar-refractivity contribution in [2.45, 2.75) is 0 Å². The summed E-state index contributed by atoms with van der Waals surface area (Å²) in [6.45, 7) is 0. The number of amides is 1. The highest BCUT2D eigenvalue weighted by Crippen LogP contribution is 2.30. The minimum atomic E-state index is -1.23. The number of carbonyl (C=O) groups excluding carboxylic acids is 1. The molecule has 23 heavy (non-hydrogen) atoms. The Morgan fingerprint density at radius 3 is 2.74 bits per heavy atom. The van der Waals surface area contributed by atoms with Crippen molar-refractivity contribution in [1.82, 2.24) is 5.32 Å². The van der Waals surface area contributed by atoms with Crippen molar-refractivity contribution in [3.63, 3.8) is 0 Å². The summed E-state index contributed by atoms with van der Waals surface area (Å²) in [5, 5.41) is 21.1. The number of aromatic hydroxyl groups is 1. The molecule has 3 N–H and O–H groups in total. The summed E-state index contributed by atoms with van der Waals surface area (Å²) in [6.07, 6.45) is 1.56. The van der Waals surface area contributed by atoms with Gasteiger partial charge in [-0.15, -0.1) is 0 Å². The van der Waals surface area contributed by atoms with Crippen LogP contribution in [0.15, 0.2) is 39.7 Å². The first-order valence-corrected chi connectivity index (χ1v) is 7.58. The molecule has 2 heterocycles. The molecule has 1 saturated heterocycles. The Balaban J connectivity index is 1.92. The van der Waals surface area contributed by atoms with Gasteiger partial charge in [-0.1, -0.05) is 24.0 Å². The number of hydrogen-bond acceptors (Lipinski definition) is 6. The summed E-state index contributed by atoms with van der Waals surface area (Å²) in [7, 11) is 0. The van der Waals surface area contributed by atoms with Gasteiger partial charge in [0, 0.05) is 11.6 Å². The standard InChI is InChI=1S/C15H9NO5S2/c17-10-3-1-7(5-9(10)14(19)20)11-4-2-8(21-11)6-12-13(18)16-15(22)23-12/h1-6,17H,(H,19,20)(H,16,18,22)/b12-6-. The topological polar surface area (TPSA) is 99.8 Å². The molecular weight excluding hydrogens is 338 g/mol. The van der Waals surface area contributed by atoms with Crippen LogP contribution in [-0.2, 0) is 4.79 Å². The van der Waals surface area contributed by atoms with Crippen LogP contribution in [0.1, 0.15) is 16.1 Å². The zero-order valence-corrected chi connectivity index (χ0v) is 13.0. The summed E-state index contributed by atoms with van der Waals surface area (Å²) < 4.78 is 5.99. The molecular formula is C15H9NO5S2. The van der Waals surface area contributed by atoms with Crippen LogP contribution in [0.3, 0.4) is 0 Å². The number of aromatic carboxylic acids is 1. The molecule has 1 fully saturated rings. The molecule has 1 aromatic heterocycles. The van der Waals surface area contributed by atoms with Crippen LogP contribution in [0.4, 0.5) is 0 Å². The number of thioether (sulfide) groups is 1. The van der Waals surface area contributed by atoms with Crippen molar-refractivity contribution in [2.75, 3.05) is 0 Å². The Morgan fingerprint density at radius 1 is 1.30 bits per heavy atom. The monoisotopic (exact) mass is 347 g/mol. The number of furan rings is 1. The quantitative estimate of drug-likeness (QED) is 0.580. The third-order valence-corrected chi connectivity index (χ3v) is 4.22. The first-order valence-electron chi connectivity index (χ1n) is 6.35. The van der Waals surface area contributed by atoms with Gasteiger partial charge in [0.25, 0.3) is 5.91 Å². The molecule has 1 aromatic carbocycles. The van der Waals surface area contributed by atoms with E-state index in [0.29, 0.717) is 26.3 Å². The van der Waals surface area contributed by atoms with Crippen molar-refractivity contribution >= 4 is 46.3 Å². The molecule has 0 unspecified atom stereocenters. The highest BCUT2D eigenvalue weighted by Gasteiger charge is 2.22. The van der Waals surface area contributed by atoms with Crippen LogP contribution in [0.5, 0.6) is 5.75 Å². The minimum Gasteiger partial charge on any atom is -0.507 e. The zero-order valence-electron chi connectivity index (χ0n) is 11.4. The zero-order chi connectivity index (χ0) is 16.6. The second-order valence-electron chi connectivity index (χ2n) is 4.59. The summed E-state index contributed by atoms with van der Waals surface area (Å²) in [4.78, 5) is 23.1. The fraction of sp³-hybridized carbons (Fsp3) is 0. The lowest BCUT2D eigenvalue weighted by atomic mass is 10.1. The van der Waals surface area contributed by atoms with E-state index in [4.69, 9.17) is 21.7 Å². The van der Waals surface area contributed by atoms with Crippen molar-refractivity contribution in [2.24, 2.45) is 0 Å². The van der Waals surface area contributed by atoms with Crippen molar-refractivity contribution in [1.29, 1.82) is 0 Å². The van der Waals surface area contributed by atoms with Gasteiger partial charge in [-0.3, -0.25) is 4.79 Å². The van der Waals surface area contributed by atoms with Crippen LogP contribution in [0.25, 0.3) is 17.4 Å². The summed E-state index contributed by atoms with van der Waals surface area (Å²) >= 11 is 6.05. The van der Waals surface area contributed by atoms with E-state index in [1.807, 2.05) is 0 Å².